The Morgan fingerprint density at radius 1 is 0.947 bits per heavy atom. The highest BCUT2D eigenvalue weighted by molar-refractivity contribution is 7.92. The molecule has 0 bridgehead atoms. The Bertz CT molecular complexity index is 1380. The Morgan fingerprint density at radius 3 is 2.29 bits per heavy atom. The normalized spacial score (nSPS) is 12.0. The fourth-order valence-electron chi connectivity index (χ4n) is 4.13. The highest BCUT2D eigenvalue weighted by atomic mass is 35.5. The molecule has 3 rings (SSSR count). The minimum absolute atomic E-state index is 0.00940. The van der Waals surface area contributed by atoms with E-state index in [0.717, 1.165) is 15.4 Å². The average molecular weight is 577 g/mol. The number of nitrogens with one attached hydrogen (secondary N) is 1. The first kappa shape index (κ1) is 29.5. The third-order valence-electron chi connectivity index (χ3n) is 5.96. The summed E-state index contributed by atoms with van der Waals surface area (Å²) in [6, 6.07) is 19.0. The Balaban J connectivity index is 2.09. The summed E-state index contributed by atoms with van der Waals surface area (Å²) >= 11 is 12.6. The van der Waals surface area contributed by atoms with Crippen LogP contribution in [0.4, 0.5) is 5.69 Å². The maximum atomic E-state index is 14.0. The van der Waals surface area contributed by atoms with E-state index in [4.69, 9.17) is 23.2 Å². The molecule has 0 heterocycles. The fourth-order valence-corrected chi connectivity index (χ4v) is 6.01. The van der Waals surface area contributed by atoms with Gasteiger partial charge < -0.3 is 10.2 Å². The van der Waals surface area contributed by atoms with Crippen molar-refractivity contribution in [1.82, 2.24) is 10.2 Å². The van der Waals surface area contributed by atoms with Crippen molar-refractivity contribution in [2.75, 3.05) is 17.4 Å². The summed E-state index contributed by atoms with van der Waals surface area (Å²) in [6.07, 6.45) is 0.340. The minimum atomic E-state index is -4.22. The van der Waals surface area contributed by atoms with Crippen LogP contribution in [0.3, 0.4) is 0 Å². The van der Waals surface area contributed by atoms with Gasteiger partial charge in [-0.15, -0.1) is 0 Å². The number of sulfonamides is 1. The molecular formula is C28H31Cl2N3O4S. The number of carbonyl (C=O) groups excluding carboxylic acids is 2. The minimum Gasteiger partial charge on any atom is -0.355 e. The summed E-state index contributed by atoms with van der Waals surface area (Å²) in [5.41, 5.74) is 1.89. The molecule has 0 unspecified atom stereocenters. The topological polar surface area (TPSA) is 86.8 Å². The summed E-state index contributed by atoms with van der Waals surface area (Å²) in [5.74, 6) is -0.866. The van der Waals surface area contributed by atoms with Crippen LogP contribution >= 0.6 is 23.2 Å². The van der Waals surface area contributed by atoms with Crippen molar-refractivity contribution in [2.24, 2.45) is 0 Å². The molecule has 2 amide bonds. The van der Waals surface area contributed by atoms with Crippen LogP contribution in [0.15, 0.2) is 77.7 Å². The Morgan fingerprint density at radius 2 is 1.66 bits per heavy atom. The van der Waals surface area contributed by atoms with Crippen LogP contribution in [0, 0.1) is 6.92 Å². The van der Waals surface area contributed by atoms with E-state index in [1.165, 1.54) is 35.2 Å². The molecule has 10 heteroatoms. The van der Waals surface area contributed by atoms with Gasteiger partial charge in [-0.25, -0.2) is 8.42 Å². The lowest BCUT2D eigenvalue weighted by molar-refractivity contribution is -0.140. The van der Waals surface area contributed by atoms with Crippen LogP contribution in [0.2, 0.25) is 10.0 Å². The number of anilines is 1. The first-order valence-corrected chi connectivity index (χ1v) is 14.4. The van der Waals surface area contributed by atoms with E-state index in [0.29, 0.717) is 13.0 Å². The van der Waals surface area contributed by atoms with Gasteiger partial charge in [0.15, 0.2) is 0 Å². The first-order valence-electron chi connectivity index (χ1n) is 12.2. The molecule has 0 radical (unpaired) electrons. The lowest BCUT2D eigenvalue weighted by Gasteiger charge is -2.33. The third-order valence-corrected chi connectivity index (χ3v) is 8.29. The van der Waals surface area contributed by atoms with E-state index in [-0.39, 0.29) is 33.1 Å². The molecule has 1 atom stereocenters. The Labute approximate surface area is 234 Å². The van der Waals surface area contributed by atoms with Crippen molar-refractivity contribution in [3.8, 4) is 0 Å². The number of amides is 2. The van der Waals surface area contributed by atoms with Crippen molar-refractivity contribution in [3.63, 3.8) is 0 Å². The molecule has 0 aliphatic heterocycles. The lowest BCUT2D eigenvalue weighted by Crippen LogP contribution is -2.52. The number of nitrogens with zero attached hydrogens (tertiary/aromatic N) is 2. The van der Waals surface area contributed by atoms with Crippen molar-refractivity contribution < 1.29 is 18.0 Å². The lowest BCUT2D eigenvalue weighted by atomic mass is 10.1. The van der Waals surface area contributed by atoms with Crippen LogP contribution in [-0.4, -0.2) is 44.3 Å². The van der Waals surface area contributed by atoms with Gasteiger partial charge in [0.25, 0.3) is 10.0 Å². The quantitative estimate of drug-likeness (QED) is 0.330. The summed E-state index contributed by atoms with van der Waals surface area (Å²) in [4.78, 5) is 28.4. The number of hydrogen-bond donors (Lipinski definition) is 1. The first-order chi connectivity index (χ1) is 18.1. The molecular weight excluding hydrogens is 545 g/mol. The van der Waals surface area contributed by atoms with Gasteiger partial charge in [0.2, 0.25) is 11.8 Å². The molecule has 3 aromatic rings. The molecule has 7 nitrogen and oxygen atoms in total. The molecule has 0 aromatic heterocycles. The largest absolute Gasteiger partial charge is 0.355 e. The maximum absolute atomic E-state index is 14.0. The molecule has 0 saturated heterocycles. The van der Waals surface area contributed by atoms with Gasteiger partial charge >= 0.3 is 0 Å². The molecule has 3 aromatic carbocycles. The molecule has 38 heavy (non-hydrogen) atoms. The predicted octanol–water partition coefficient (Wildman–Crippen LogP) is 5.44. The van der Waals surface area contributed by atoms with E-state index in [1.807, 2.05) is 38.1 Å². The van der Waals surface area contributed by atoms with Gasteiger partial charge in [-0.1, -0.05) is 78.2 Å². The Kier molecular flexibility index (Phi) is 10.2. The van der Waals surface area contributed by atoms with E-state index in [1.54, 1.807) is 25.1 Å². The third kappa shape index (κ3) is 7.07. The zero-order valence-electron chi connectivity index (χ0n) is 21.5. The van der Waals surface area contributed by atoms with Gasteiger partial charge in [0, 0.05) is 18.1 Å². The highest BCUT2D eigenvalue weighted by Crippen LogP contribution is 2.33. The number of halogens is 2. The Hall–Kier alpha value is -3.07. The molecule has 0 aliphatic rings. The smallest absolute Gasteiger partial charge is 0.264 e. The zero-order chi connectivity index (χ0) is 27.9. The van der Waals surface area contributed by atoms with Crippen molar-refractivity contribution in [1.29, 1.82) is 0 Å². The molecule has 202 valence electrons. The summed E-state index contributed by atoms with van der Waals surface area (Å²) in [7, 11) is -4.22. The zero-order valence-corrected chi connectivity index (χ0v) is 23.9. The van der Waals surface area contributed by atoms with E-state index in [2.05, 4.69) is 5.32 Å². The van der Waals surface area contributed by atoms with Gasteiger partial charge in [-0.3, -0.25) is 13.9 Å². The second kappa shape index (κ2) is 13.1. The molecule has 0 saturated carbocycles. The molecule has 1 N–H and O–H groups in total. The van der Waals surface area contributed by atoms with Crippen LogP contribution in [0.1, 0.15) is 31.4 Å². The second-order valence-electron chi connectivity index (χ2n) is 8.75. The van der Waals surface area contributed by atoms with Crippen molar-refractivity contribution >= 4 is 50.7 Å². The number of hydrogen-bond acceptors (Lipinski definition) is 4. The molecule has 0 spiro atoms. The molecule has 0 aliphatic carbocycles. The highest BCUT2D eigenvalue weighted by Gasteiger charge is 2.34. The van der Waals surface area contributed by atoms with Gasteiger partial charge in [-0.2, -0.15) is 0 Å². The number of rotatable bonds is 11. The van der Waals surface area contributed by atoms with Gasteiger partial charge in [0.05, 0.1) is 15.6 Å². The number of likely N-dealkylation sites (N-methyl/N-ethyl adjacent to an activating group) is 1. The summed E-state index contributed by atoms with van der Waals surface area (Å²) in [6.45, 7) is 5.48. The average Bonchev–Trinajstić information content (AvgIpc) is 2.89. The van der Waals surface area contributed by atoms with Crippen molar-refractivity contribution in [3.05, 3.63) is 94.0 Å². The van der Waals surface area contributed by atoms with E-state index in [9.17, 15) is 18.0 Å². The monoisotopic (exact) mass is 575 g/mol. The number of carbonyl (C=O) groups is 2. The second-order valence-corrected chi connectivity index (χ2v) is 11.5. The SMILES string of the molecule is CCNC(=O)[C@H](CC)N(Cc1cccc(C)c1)C(=O)CN(c1cc(Cl)ccc1Cl)S(=O)(=O)c1ccccc1. The maximum Gasteiger partial charge on any atom is 0.264 e. The van der Waals surface area contributed by atoms with Gasteiger partial charge in [0.1, 0.15) is 12.6 Å². The summed E-state index contributed by atoms with van der Waals surface area (Å²) < 4.78 is 28.6. The number of aryl methyl sites for hydroxylation is 1. The fraction of sp³-hybridized carbons (Fsp3) is 0.286. The number of benzene rings is 3. The van der Waals surface area contributed by atoms with Crippen LogP contribution in [-0.2, 0) is 26.2 Å². The van der Waals surface area contributed by atoms with Gasteiger partial charge in [-0.05, 0) is 56.2 Å². The molecule has 0 fully saturated rings. The predicted molar refractivity (Wildman–Crippen MR) is 152 cm³/mol. The van der Waals surface area contributed by atoms with Crippen LogP contribution in [0.5, 0.6) is 0 Å². The van der Waals surface area contributed by atoms with Crippen molar-refractivity contribution in [2.45, 2.75) is 44.7 Å². The van der Waals surface area contributed by atoms with Crippen LogP contribution < -0.4 is 9.62 Å². The van der Waals surface area contributed by atoms with E-state index < -0.39 is 28.5 Å². The standard InChI is InChI=1S/C28H31Cl2N3O4S/c1-4-25(28(35)31-5-2)32(18-21-11-9-10-20(3)16-21)27(34)19-33(26-17-22(29)14-15-24(26)30)38(36,37)23-12-7-6-8-13-23/h6-17,25H,4-5,18-19H2,1-3H3,(H,31,35)/t25-/m0/s1. The van der Waals surface area contributed by atoms with E-state index >= 15 is 0 Å². The van der Waals surface area contributed by atoms with Crippen LogP contribution in [0.25, 0.3) is 0 Å². The summed E-state index contributed by atoms with van der Waals surface area (Å²) in [5, 5.41) is 3.16.